The third-order valence-corrected chi connectivity index (χ3v) is 3.64. The molecular weight excluding hydrogens is 140 g/mol. The maximum absolute atomic E-state index is 4.02. The van der Waals surface area contributed by atoms with Gasteiger partial charge in [-0.25, -0.2) is 0 Å². The van der Waals surface area contributed by atoms with Gasteiger partial charge in [-0.15, -0.1) is 0 Å². The summed E-state index contributed by atoms with van der Waals surface area (Å²) in [5.74, 6) is 0.858. The molecule has 1 saturated carbocycles. The summed E-state index contributed by atoms with van der Waals surface area (Å²) in [5, 5.41) is 0.894. The zero-order chi connectivity index (χ0) is 7.56. The Bertz CT molecular complexity index is 129. The fourth-order valence-corrected chi connectivity index (χ4v) is 2.58. The maximum Gasteiger partial charge on any atom is 0.00760 e. The van der Waals surface area contributed by atoms with Gasteiger partial charge in [0.25, 0.3) is 0 Å². The Hall–Kier alpha value is 0.0900. The SMILES string of the molecule is C=C1CCC(SC)C(C)C1. The molecule has 0 heterocycles. The molecular formula is C9H16S. The van der Waals surface area contributed by atoms with Crippen molar-refractivity contribution in [2.45, 2.75) is 31.4 Å². The summed E-state index contributed by atoms with van der Waals surface area (Å²) in [6, 6.07) is 0. The van der Waals surface area contributed by atoms with Crippen molar-refractivity contribution < 1.29 is 0 Å². The summed E-state index contributed by atoms with van der Waals surface area (Å²) in [6.07, 6.45) is 6.08. The molecule has 0 amide bonds. The molecule has 10 heavy (non-hydrogen) atoms. The van der Waals surface area contributed by atoms with E-state index in [4.69, 9.17) is 0 Å². The van der Waals surface area contributed by atoms with Gasteiger partial charge in [-0.05, 0) is 31.4 Å². The predicted octanol–water partition coefficient (Wildman–Crippen LogP) is 3.09. The smallest absolute Gasteiger partial charge is 0.00760 e. The quantitative estimate of drug-likeness (QED) is 0.526. The molecule has 0 aromatic carbocycles. The lowest BCUT2D eigenvalue weighted by Gasteiger charge is -2.28. The highest BCUT2D eigenvalue weighted by atomic mass is 32.2. The van der Waals surface area contributed by atoms with Crippen LogP contribution in [0.25, 0.3) is 0 Å². The van der Waals surface area contributed by atoms with Crippen molar-refractivity contribution in [1.82, 2.24) is 0 Å². The van der Waals surface area contributed by atoms with Crippen molar-refractivity contribution in [3.63, 3.8) is 0 Å². The molecule has 1 heteroatoms. The van der Waals surface area contributed by atoms with Crippen LogP contribution in [0.1, 0.15) is 26.2 Å². The van der Waals surface area contributed by atoms with Crippen molar-refractivity contribution in [2.75, 3.05) is 6.26 Å². The molecule has 1 fully saturated rings. The molecule has 1 rings (SSSR count). The van der Waals surface area contributed by atoms with Crippen LogP contribution in [-0.2, 0) is 0 Å². The highest BCUT2D eigenvalue weighted by molar-refractivity contribution is 7.99. The highest BCUT2D eigenvalue weighted by Crippen LogP contribution is 2.33. The number of hydrogen-bond acceptors (Lipinski definition) is 1. The van der Waals surface area contributed by atoms with Gasteiger partial charge in [0.2, 0.25) is 0 Å². The van der Waals surface area contributed by atoms with E-state index in [-0.39, 0.29) is 0 Å². The van der Waals surface area contributed by atoms with Crippen LogP contribution in [0.15, 0.2) is 12.2 Å². The Morgan fingerprint density at radius 3 is 2.80 bits per heavy atom. The third-order valence-electron chi connectivity index (χ3n) is 2.33. The summed E-state index contributed by atoms with van der Waals surface area (Å²) in [4.78, 5) is 0. The zero-order valence-corrected chi connectivity index (χ0v) is 7.71. The van der Waals surface area contributed by atoms with Gasteiger partial charge in [0, 0.05) is 5.25 Å². The second-order valence-electron chi connectivity index (χ2n) is 3.24. The first kappa shape index (κ1) is 8.19. The Morgan fingerprint density at radius 2 is 2.30 bits per heavy atom. The van der Waals surface area contributed by atoms with Gasteiger partial charge in [-0.1, -0.05) is 19.1 Å². The van der Waals surface area contributed by atoms with Crippen LogP contribution in [-0.4, -0.2) is 11.5 Å². The largest absolute Gasteiger partial charge is 0.162 e. The van der Waals surface area contributed by atoms with Gasteiger partial charge in [0.1, 0.15) is 0 Å². The molecule has 2 atom stereocenters. The van der Waals surface area contributed by atoms with E-state index in [1.165, 1.54) is 24.8 Å². The molecule has 0 aliphatic heterocycles. The van der Waals surface area contributed by atoms with Crippen molar-refractivity contribution in [3.05, 3.63) is 12.2 Å². The second-order valence-corrected chi connectivity index (χ2v) is 4.32. The Labute approximate surface area is 68.1 Å². The molecule has 1 aliphatic carbocycles. The average Bonchev–Trinajstić information content (AvgIpc) is 1.88. The number of hydrogen-bond donors (Lipinski definition) is 0. The van der Waals surface area contributed by atoms with E-state index in [9.17, 15) is 0 Å². The molecule has 0 aromatic heterocycles. The topological polar surface area (TPSA) is 0 Å². The lowest BCUT2D eigenvalue weighted by atomic mass is 9.87. The van der Waals surface area contributed by atoms with Crippen molar-refractivity contribution in [3.8, 4) is 0 Å². The van der Waals surface area contributed by atoms with Gasteiger partial charge in [0.15, 0.2) is 0 Å². The summed E-state index contributed by atoms with van der Waals surface area (Å²) >= 11 is 2.01. The van der Waals surface area contributed by atoms with Crippen molar-refractivity contribution >= 4 is 11.8 Å². The van der Waals surface area contributed by atoms with Crippen LogP contribution in [0.5, 0.6) is 0 Å². The molecule has 0 spiro atoms. The van der Waals surface area contributed by atoms with E-state index in [1.54, 1.807) is 0 Å². The third kappa shape index (κ3) is 1.79. The molecule has 0 aromatic rings. The second kappa shape index (κ2) is 3.47. The standard InChI is InChI=1S/C9H16S/c1-7-4-5-9(10-3)8(2)6-7/h8-9H,1,4-6H2,2-3H3. The Kier molecular flexibility index (Phi) is 2.84. The fraction of sp³-hybridized carbons (Fsp3) is 0.778. The summed E-state index contributed by atoms with van der Waals surface area (Å²) in [7, 11) is 0. The molecule has 0 saturated heterocycles. The van der Waals surface area contributed by atoms with Gasteiger partial charge < -0.3 is 0 Å². The normalized spacial score (nSPS) is 34.4. The molecule has 1 aliphatic rings. The minimum Gasteiger partial charge on any atom is -0.162 e. The number of rotatable bonds is 1. The number of thioether (sulfide) groups is 1. The minimum absolute atomic E-state index is 0.858. The van der Waals surface area contributed by atoms with E-state index in [0.717, 1.165) is 11.2 Å². The lowest BCUT2D eigenvalue weighted by Crippen LogP contribution is -2.19. The van der Waals surface area contributed by atoms with Gasteiger partial charge in [-0.3, -0.25) is 0 Å². The van der Waals surface area contributed by atoms with Crippen LogP contribution in [0.3, 0.4) is 0 Å². The van der Waals surface area contributed by atoms with Gasteiger partial charge in [-0.2, -0.15) is 11.8 Å². The summed E-state index contributed by atoms with van der Waals surface area (Å²) in [5.41, 5.74) is 1.46. The van der Waals surface area contributed by atoms with E-state index in [1.807, 2.05) is 11.8 Å². The van der Waals surface area contributed by atoms with Crippen LogP contribution in [0.4, 0.5) is 0 Å². The molecule has 0 N–H and O–H groups in total. The van der Waals surface area contributed by atoms with Crippen molar-refractivity contribution in [1.29, 1.82) is 0 Å². The monoisotopic (exact) mass is 156 g/mol. The zero-order valence-electron chi connectivity index (χ0n) is 6.89. The first-order valence-electron chi connectivity index (χ1n) is 3.93. The molecule has 2 unspecified atom stereocenters. The van der Waals surface area contributed by atoms with E-state index in [2.05, 4.69) is 19.8 Å². The summed E-state index contributed by atoms with van der Waals surface area (Å²) < 4.78 is 0. The van der Waals surface area contributed by atoms with Gasteiger partial charge in [0.05, 0.1) is 0 Å². The molecule has 58 valence electrons. The van der Waals surface area contributed by atoms with Crippen LogP contribution in [0.2, 0.25) is 0 Å². The van der Waals surface area contributed by atoms with E-state index in [0.29, 0.717) is 0 Å². The van der Waals surface area contributed by atoms with Crippen LogP contribution < -0.4 is 0 Å². The van der Waals surface area contributed by atoms with Gasteiger partial charge >= 0.3 is 0 Å². The van der Waals surface area contributed by atoms with E-state index < -0.39 is 0 Å². The first-order valence-corrected chi connectivity index (χ1v) is 5.22. The first-order chi connectivity index (χ1) is 4.74. The maximum atomic E-state index is 4.02. The highest BCUT2D eigenvalue weighted by Gasteiger charge is 2.21. The van der Waals surface area contributed by atoms with Crippen LogP contribution in [0, 0.1) is 5.92 Å². The molecule has 0 bridgehead atoms. The number of allylic oxidation sites excluding steroid dienone is 1. The van der Waals surface area contributed by atoms with Crippen molar-refractivity contribution in [2.24, 2.45) is 5.92 Å². The average molecular weight is 156 g/mol. The fourth-order valence-electron chi connectivity index (χ4n) is 1.67. The predicted molar refractivity (Wildman–Crippen MR) is 49.5 cm³/mol. The van der Waals surface area contributed by atoms with Crippen LogP contribution >= 0.6 is 11.8 Å². The Balaban J connectivity index is 2.43. The summed E-state index contributed by atoms with van der Waals surface area (Å²) in [6.45, 7) is 6.36. The Morgan fingerprint density at radius 1 is 1.60 bits per heavy atom. The minimum atomic E-state index is 0.858. The van der Waals surface area contributed by atoms with E-state index >= 15 is 0 Å². The molecule has 0 radical (unpaired) electrons. The molecule has 0 nitrogen and oxygen atoms in total. The lowest BCUT2D eigenvalue weighted by molar-refractivity contribution is 0.469.